The highest BCUT2D eigenvalue weighted by molar-refractivity contribution is 7.18. The molecule has 12 heteroatoms. The number of pyridine rings is 1. The van der Waals surface area contributed by atoms with Crippen LogP contribution in [0.15, 0.2) is 59.5 Å². The molecule has 0 bridgehead atoms. The number of likely N-dealkylation sites (tertiary alicyclic amines) is 1. The van der Waals surface area contributed by atoms with Gasteiger partial charge in [0.15, 0.2) is 0 Å². The molecule has 39 heavy (non-hydrogen) atoms. The van der Waals surface area contributed by atoms with Crippen molar-refractivity contribution in [3.05, 3.63) is 79.9 Å². The molecular formula is C27H26ClN5O5S. The molecule has 1 unspecified atom stereocenters. The van der Waals surface area contributed by atoms with E-state index in [1.165, 1.54) is 27.7 Å². The molecule has 2 N–H and O–H groups in total. The van der Waals surface area contributed by atoms with Gasteiger partial charge in [-0.3, -0.25) is 23.9 Å². The minimum atomic E-state index is -0.972. The number of halogens is 1. The maximum Gasteiger partial charge on any atom is 0.411 e. The number of hydrogen-bond acceptors (Lipinski definition) is 7. The van der Waals surface area contributed by atoms with Crippen LogP contribution in [0.2, 0.25) is 4.34 Å². The molecule has 0 aliphatic carbocycles. The number of nitrogens with one attached hydrogen (secondary N) is 2. The Hall–Kier alpha value is -4.14. The van der Waals surface area contributed by atoms with Gasteiger partial charge in [0.05, 0.1) is 26.2 Å². The lowest BCUT2D eigenvalue weighted by atomic mass is 10.1. The van der Waals surface area contributed by atoms with E-state index in [-0.39, 0.29) is 35.7 Å². The van der Waals surface area contributed by atoms with E-state index >= 15 is 0 Å². The largest absolute Gasteiger partial charge is 0.444 e. The van der Waals surface area contributed by atoms with Crippen molar-refractivity contribution in [1.82, 2.24) is 14.8 Å². The Balaban J connectivity index is 1.55. The summed E-state index contributed by atoms with van der Waals surface area (Å²) in [6, 6.07) is 13.1. The van der Waals surface area contributed by atoms with Crippen molar-refractivity contribution in [2.45, 2.75) is 44.9 Å². The summed E-state index contributed by atoms with van der Waals surface area (Å²) in [5, 5.41) is 15.3. The van der Waals surface area contributed by atoms with Gasteiger partial charge < -0.3 is 15.4 Å². The van der Waals surface area contributed by atoms with E-state index in [1.54, 1.807) is 57.3 Å². The molecule has 0 spiro atoms. The number of rotatable bonds is 5. The van der Waals surface area contributed by atoms with Gasteiger partial charge in [-0.1, -0.05) is 17.7 Å². The fraction of sp³-hybridized carbons (Fsp3) is 0.296. The molecule has 2 aromatic heterocycles. The maximum absolute atomic E-state index is 13.4. The molecule has 3 amide bonds. The van der Waals surface area contributed by atoms with E-state index in [4.69, 9.17) is 16.3 Å². The third-order valence-corrected chi connectivity index (χ3v) is 7.08. The van der Waals surface area contributed by atoms with Crippen LogP contribution in [0.25, 0.3) is 5.69 Å². The molecule has 1 fully saturated rings. The second-order valence-electron chi connectivity index (χ2n) is 9.90. The SMILES string of the molecule is CC(C)(C)OC(=O)N1C[C@@H](NC(=O)c2ccc(Cl)s2)CC1C(=O)Nc1ccc(-n2ccccc2=O)cc1C#N. The number of ether oxygens (including phenoxy) is 1. The average Bonchev–Trinajstić information content (AvgIpc) is 3.50. The molecule has 1 saturated heterocycles. The highest BCUT2D eigenvalue weighted by Crippen LogP contribution is 2.26. The van der Waals surface area contributed by atoms with E-state index in [9.17, 15) is 24.4 Å². The molecule has 1 aromatic carbocycles. The standard InChI is InChI=1S/C27H26ClN5O5S/c1-27(2,3)38-26(37)33-15-17(30-25(36)21-9-10-22(28)39-21)13-20(33)24(35)31-19-8-7-18(12-16(19)14-29)32-11-5-4-6-23(32)34/h4-12,17,20H,13,15H2,1-3H3,(H,30,36)(H,31,35)/t17-,20?/m0/s1. The first-order chi connectivity index (χ1) is 18.4. The maximum atomic E-state index is 13.4. The fourth-order valence-corrected chi connectivity index (χ4v) is 5.09. The van der Waals surface area contributed by atoms with Crippen molar-refractivity contribution < 1.29 is 19.1 Å². The number of anilines is 1. The predicted octanol–water partition coefficient (Wildman–Crippen LogP) is 4.17. The van der Waals surface area contributed by atoms with Crippen molar-refractivity contribution in [3.63, 3.8) is 0 Å². The molecule has 1 aliphatic heterocycles. The summed E-state index contributed by atoms with van der Waals surface area (Å²) in [6.45, 7) is 5.21. The van der Waals surface area contributed by atoms with Gasteiger partial charge in [0, 0.05) is 24.8 Å². The molecule has 1 aliphatic rings. The van der Waals surface area contributed by atoms with Crippen LogP contribution in [-0.4, -0.2) is 51.6 Å². The number of carbonyl (C=O) groups excluding carboxylic acids is 3. The number of aromatic nitrogens is 1. The van der Waals surface area contributed by atoms with Crippen LogP contribution in [0.3, 0.4) is 0 Å². The summed E-state index contributed by atoms with van der Waals surface area (Å²) in [7, 11) is 0. The molecular weight excluding hydrogens is 542 g/mol. The zero-order valence-corrected chi connectivity index (χ0v) is 23.0. The summed E-state index contributed by atoms with van der Waals surface area (Å²) in [4.78, 5) is 53.0. The first kappa shape index (κ1) is 27.9. The molecule has 2 atom stereocenters. The number of nitrogens with zero attached hydrogens (tertiary/aromatic N) is 3. The number of hydrogen-bond donors (Lipinski definition) is 2. The molecule has 202 valence electrons. The zero-order chi connectivity index (χ0) is 28.3. The van der Waals surface area contributed by atoms with E-state index in [0.717, 1.165) is 11.3 Å². The number of carbonyl (C=O) groups is 3. The van der Waals surface area contributed by atoms with Gasteiger partial charge in [0.1, 0.15) is 17.7 Å². The highest BCUT2D eigenvalue weighted by Gasteiger charge is 2.42. The van der Waals surface area contributed by atoms with Crippen molar-refractivity contribution >= 4 is 46.5 Å². The van der Waals surface area contributed by atoms with Gasteiger partial charge in [0.2, 0.25) is 5.91 Å². The quantitative estimate of drug-likeness (QED) is 0.475. The van der Waals surface area contributed by atoms with Crippen LogP contribution < -0.4 is 16.2 Å². The van der Waals surface area contributed by atoms with Crippen LogP contribution in [0, 0.1) is 11.3 Å². The van der Waals surface area contributed by atoms with Gasteiger partial charge in [0.25, 0.3) is 11.5 Å². The number of amides is 3. The van der Waals surface area contributed by atoms with Crippen LogP contribution >= 0.6 is 22.9 Å². The number of thiophene rings is 1. The van der Waals surface area contributed by atoms with Crippen LogP contribution in [0.4, 0.5) is 10.5 Å². The fourth-order valence-electron chi connectivity index (χ4n) is 4.14. The highest BCUT2D eigenvalue weighted by atomic mass is 35.5. The Bertz CT molecular complexity index is 1520. The van der Waals surface area contributed by atoms with E-state index in [1.807, 2.05) is 6.07 Å². The first-order valence-corrected chi connectivity index (χ1v) is 13.2. The average molecular weight is 568 g/mol. The second-order valence-corrected chi connectivity index (χ2v) is 11.6. The van der Waals surface area contributed by atoms with Crippen molar-refractivity contribution in [2.75, 3.05) is 11.9 Å². The normalized spacial score (nSPS) is 16.8. The van der Waals surface area contributed by atoms with Crippen molar-refractivity contribution in [2.24, 2.45) is 0 Å². The second kappa shape index (κ2) is 11.3. The Kier molecular flexibility index (Phi) is 8.09. The Morgan fingerprint density at radius 1 is 1.15 bits per heavy atom. The van der Waals surface area contributed by atoms with E-state index < -0.39 is 29.7 Å². The van der Waals surface area contributed by atoms with Gasteiger partial charge in [-0.25, -0.2) is 4.79 Å². The summed E-state index contributed by atoms with van der Waals surface area (Å²) < 4.78 is 7.35. The predicted molar refractivity (Wildman–Crippen MR) is 147 cm³/mol. The van der Waals surface area contributed by atoms with Crippen molar-refractivity contribution in [1.29, 1.82) is 5.26 Å². The Morgan fingerprint density at radius 2 is 1.92 bits per heavy atom. The van der Waals surface area contributed by atoms with Gasteiger partial charge in [-0.05, 0) is 63.6 Å². The molecule has 3 aromatic rings. The number of benzene rings is 1. The summed E-state index contributed by atoms with van der Waals surface area (Å²) in [6.07, 6.45) is 1.01. The topological polar surface area (TPSA) is 134 Å². The molecule has 0 radical (unpaired) electrons. The lowest BCUT2D eigenvalue weighted by Gasteiger charge is -2.28. The van der Waals surface area contributed by atoms with Gasteiger partial charge >= 0.3 is 6.09 Å². The lowest BCUT2D eigenvalue weighted by Crippen LogP contribution is -2.45. The molecule has 0 saturated carbocycles. The number of nitriles is 1. The Morgan fingerprint density at radius 3 is 2.56 bits per heavy atom. The third kappa shape index (κ3) is 6.66. The van der Waals surface area contributed by atoms with Crippen LogP contribution in [0.5, 0.6) is 0 Å². The van der Waals surface area contributed by atoms with Crippen LogP contribution in [0.1, 0.15) is 42.4 Å². The van der Waals surface area contributed by atoms with Crippen LogP contribution in [-0.2, 0) is 9.53 Å². The smallest absolute Gasteiger partial charge is 0.411 e. The lowest BCUT2D eigenvalue weighted by molar-refractivity contribution is -0.120. The minimum absolute atomic E-state index is 0.0544. The summed E-state index contributed by atoms with van der Waals surface area (Å²) in [5.74, 6) is -0.904. The summed E-state index contributed by atoms with van der Waals surface area (Å²) in [5.41, 5.74) is -0.247. The van der Waals surface area contributed by atoms with E-state index in [2.05, 4.69) is 10.6 Å². The third-order valence-electron chi connectivity index (χ3n) is 5.85. The minimum Gasteiger partial charge on any atom is -0.444 e. The van der Waals surface area contributed by atoms with Gasteiger partial charge in [-0.2, -0.15) is 5.26 Å². The van der Waals surface area contributed by atoms with Crippen molar-refractivity contribution in [3.8, 4) is 11.8 Å². The van der Waals surface area contributed by atoms with E-state index in [0.29, 0.717) is 14.9 Å². The monoisotopic (exact) mass is 567 g/mol. The zero-order valence-electron chi connectivity index (χ0n) is 21.4. The summed E-state index contributed by atoms with van der Waals surface area (Å²) >= 11 is 7.07. The molecule has 3 heterocycles. The Labute approximate surface area is 233 Å². The molecule has 10 nitrogen and oxygen atoms in total. The molecule has 4 rings (SSSR count). The van der Waals surface area contributed by atoms with Gasteiger partial charge in [-0.15, -0.1) is 11.3 Å². The first-order valence-electron chi connectivity index (χ1n) is 12.0.